The topological polar surface area (TPSA) is 90.0 Å². The van der Waals surface area contributed by atoms with E-state index in [0.717, 1.165) is 4.31 Å². The molecule has 2 N–H and O–H groups in total. The highest BCUT2D eigenvalue weighted by molar-refractivity contribution is 7.87. The number of hydrogen-bond acceptors (Lipinski definition) is 4. The lowest BCUT2D eigenvalue weighted by Gasteiger charge is -2.33. The lowest BCUT2D eigenvalue weighted by atomic mass is 10.3. The van der Waals surface area contributed by atoms with E-state index in [0.29, 0.717) is 19.6 Å². The highest BCUT2D eigenvalue weighted by Gasteiger charge is 2.33. The van der Waals surface area contributed by atoms with Gasteiger partial charge in [0, 0.05) is 32.7 Å². The molecule has 1 rings (SSSR count). The highest BCUT2D eigenvalue weighted by atomic mass is 32.2. The maximum absolute atomic E-state index is 12.0. The fourth-order valence-electron chi connectivity index (χ4n) is 1.71. The summed E-state index contributed by atoms with van der Waals surface area (Å²) in [5, 5.41) is 8.52. The second-order valence-electron chi connectivity index (χ2n) is 4.33. The molecule has 0 saturated carbocycles. The van der Waals surface area contributed by atoms with Gasteiger partial charge in [0.25, 0.3) is 10.2 Å². The molecule has 0 aromatic rings. The van der Waals surface area contributed by atoms with Crippen molar-refractivity contribution in [2.75, 3.05) is 39.3 Å². The second-order valence-corrected chi connectivity index (χ2v) is 6.08. The molecule has 1 fully saturated rings. The summed E-state index contributed by atoms with van der Waals surface area (Å²) in [6, 6.07) is 0. The van der Waals surface area contributed by atoms with Crippen LogP contribution in [0.4, 0.5) is 13.2 Å². The minimum atomic E-state index is -4.60. The zero-order chi connectivity index (χ0) is 15.4. The van der Waals surface area contributed by atoms with Crippen LogP contribution in [0.3, 0.4) is 0 Å². The van der Waals surface area contributed by atoms with E-state index >= 15 is 0 Å². The molecule has 0 aromatic heterocycles. The summed E-state index contributed by atoms with van der Waals surface area (Å²) in [6.45, 7) is -0.659. The number of rotatable bonds is 6. The Morgan fingerprint density at radius 2 is 1.75 bits per heavy atom. The van der Waals surface area contributed by atoms with Crippen molar-refractivity contribution in [3.05, 3.63) is 0 Å². The van der Waals surface area contributed by atoms with Crippen LogP contribution in [0.25, 0.3) is 0 Å². The molecule has 0 unspecified atom stereocenters. The van der Waals surface area contributed by atoms with Gasteiger partial charge in [-0.15, -0.1) is 0 Å². The van der Waals surface area contributed by atoms with Gasteiger partial charge < -0.3 is 10.0 Å². The normalized spacial score (nSPS) is 19.1. The first-order valence-corrected chi connectivity index (χ1v) is 7.30. The Morgan fingerprint density at radius 3 is 2.20 bits per heavy atom. The van der Waals surface area contributed by atoms with Crippen molar-refractivity contribution in [2.24, 2.45) is 0 Å². The summed E-state index contributed by atoms with van der Waals surface area (Å²) >= 11 is 0. The number of nitrogens with zero attached hydrogens (tertiary/aromatic N) is 2. The van der Waals surface area contributed by atoms with Crippen LogP contribution in [0.5, 0.6) is 0 Å². The minimum absolute atomic E-state index is 0.0345. The van der Waals surface area contributed by atoms with E-state index < -0.39 is 28.9 Å². The van der Waals surface area contributed by atoms with E-state index in [1.165, 1.54) is 4.72 Å². The lowest BCUT2D eigenvalue weighted by molar-refractivity contribution is -0.137. The lowest BCUT2D eigenvalue weighted by Crippen LogP contribution is -2.53. The number of carboxylic acid groups (broad SMARTS) is 1. The Balaban J connectivity index is 2.42. The minimum Gasteiger partial charge on any atom is -0.481 e. The molecule has 1 heterocycles. The Bertz CT molecular complexity index is 432. The number of alkyl halides is 3. The molecule has 0 aliphatic carbocycles. The van der Waals surface area contributed by atoms with Crippen molar-refractivity contribution >= 4 is 16.2 Å². The van der Waals surface area contributed by atoms with Crippen LogP contribution >= 0.6 is 0 Å². The van der Waals surface area contributed by atoms with E-state index in [1.807, 2.05) is 0 Å². The van der Waals surface area contributed by atoms with Gasteiger partial charge in [-0.2, -0.15) is 30.6 Å². The molecular formula is C9H16F3N3O4S. The average molecular weight is 319 g/mol. The molecule has 11 heteroatoms. The van der Waals surface area contributed by atoms with Gasteiger partial charge in [-0.05, 0) is 0 Å². The Labute approximate surface area is 114 Å². The van der Waals surface area contributed by atoms with Crippen molar-refractivity contribution in [3.8, 4) is 0 Å². The third-order valence-electron chi connectivity index (χ3n) is 2.77. The molecule has 7 nitrogen and oxygen atoms in total. The Morgan fingerprint density at radius 1 is 1.20 bits per heavy atom. The summed E-state index contributed by atoms with van der Waals surface area (Å²) in [7, 11) is -4.15. The molecule has 0 radical (unpaired) electrons. The number of carboxylic acids is 1. The Kier molecular flexibility index (Phi) is 5.74. The monoisotopic (exact) mass is 319 g/mol. The molecule has 0 atom stereocenters. The van der Waals surface area contributed by atoms with Gasteiger partial charge in [0.2, 0.25) is 0 Å². The van der Waals surface area contributed by atoms with Crippen LogP contribution in [0, 0.1) is 0 Å². The first-order valence-electron chi connectivity index (χ1n) is 5.86. The van der Waals surface area contributed by atoms with Crippen LogP contribution in [-0.4, -0.2) is 74.1 Å². The fraction of sp³-hybridized carbons (Fsp3) is 0.889. The largest absolute Gasteiger partial charge is 0.481 e. The number of carbonyl (C=O) groups is 1. The third-order valence-corrected chi connectivity index (χ3v) is 4.32. The fourth-order valence-corrected chi connectivity index (χ4v) is 2.88. The number of hydrogen-bond donors (Lipinski definition) is 2. The number of piperazine rings is 1. The molecule has 118 valence electrons. The van der Waals surface area contributed by atoms with Crippen molar-refractivity contribution in [1.82, 2.24) is 13.9 Å². The standard InChI is InChI=1S/C9H16F3N3O4S/c10-9(11,12)7-13-20(18,19)15-5-3-14(4-6-15)2-1-8(16)17/h13H,1-7H2,(H,16,17). The number of aliphatic carboxylic acids is 1. The van der Waals surface area contributed by atoms with Gasteiger partial charge >= 0.3 is 12.1 Å². The summed E-state index contributed by atoms with van der Waals surface area (Å²) in [6.07, 6.45) is -4.66. The molecule has 0 aromatic carbocycles. The molecule has 20 heavy (non-hydrogen) atoms. The highest BCUT2D eigenvalue weighted by Crippen LogP contribution is 2.14. The van der Waals surface area contributed by atoms with Crippen LogP contribution in [-0.2, 0) is 15.0 Å². The molecule has 0 amide bonds. The van der Waals surface area contributed by atoms with Gasteiger partial charge in [0.1, 0.15) is 6.54 Å². The van der Waals surface area contributed by atoms with E-state index in [1.54, 1.807) is 4.90 Å². The smallest absolute Gasteiger partial charge is 0.402 e. The van der Waals surface area contributed by atoms with Gasteiger partial charge in [-0.1, -0.05) is 0 Å². The van der Waals surface area contributed by atoms with Crippen molar-refractivity contribution in [3.63, 3.8) is 0 Å². The average Bonchev–Trinajstić information content (AvgIpc) is 2.34. The number of nitrogens with one attached hydrogen (secondary N) is 1. The first kappa shape index (κ1) is 17.1. The molecular weight excluding hydrogens is 303 g/mol. The molecule has 1 aliphatic rings. The van der Waals surface area contributed by atoms with E-state index in [2.05, 4.69) is 0 Å². The van der Waals surface area contributed by atoms with Crippen molar-refractivity contribution < 1.29 is 31.5 Å². The second kappa shape index (κ2) is 6.70. The molecule has 1 saturated heterocycles. The van der Waals surface area contributed by atoms with Gasteiger partial charge in [0.05, 0.1) is 6.42 Å². The van der Waals surface area contributed by atoms with E-state index in [-0.39, 0.29) is 19.5 Å². The maximum atomic E-state index is 12.0. The summed E-state index contributed by atoms with van der Waals surface area (Å²) in [5.41, 5.74) is 0. The predicted molar refractivity (Wildman–Crippen MR) is 63.2 cm³/mol. The van der Waals surface area contributed by atoms with Crippen molar-refractivity contribution in [2.45, 2.75) is 12.6 Å². The zero-order valence-electron chi connectivity index (χ0n) is 10.6. The van der Waals surface area contributed by atoms with Crippen LogP contribution in [0.1, 0.15) is 6.42 Å². The quantitative estimate of drug-likeness (QED) is 0.687. The maximum Gasteiger partial charge on any atom is 0.402 e. The predicted octanol–water partition coefficient (Wildman–Crippen LogP) is -0.525. The van der Waals surface area contributed by atoms with E-state index in [9.17, 15) is 26.4 Å². The van der Waals surface area contributed by atoms with Gasteiger partial charge in [0.15, 0.2) is 0 Å². The van der Waals surface area contributed by atoms with Crippen molar-refractivity contribution in [1.29, 1.82) is 0 Å². The molecule has 0 bridgehead atoms. The SMILES string of the molecule is O=C(O)CCN1CCN(S(=O)(=O)NCC(F)(F)F)CC1. The molecule has 1 aliphatic heterocycles. The summed E-state index contributed by atoms with van der Waals surface area (Å²) in [5.74, 6) is -0.952. The van der Waals surface area contributed by atoms with Crippen LogP contribution < -0.4 is 4.72 Å². The summed E-state index contributed by atoms with van der Waals surface area (Å²) < 4.78 is 61.6. The first-order chi connectivity index (χ1) is 9.10. The summed E-state index contributed by atoms with van der Waals surface area (Å²) in [4.78, 5) is 12.1. The zero-order valence-corrected chi connectivity index (χ0v) is 11.4. The Hall–Kier alpha value is -0.910. The number of halogens is 3. The molecule has 0 spiro atoms. The van der Waals surface area contributed by atoms with E-state index in [4.69, 9.17) is 5.11 Å². The van der Waals surface area contributed by atoms with Gasteiger partial charge in [-0.25, -0.2) is 0 Å². The van der Waals surface area contributed by atoms with Crippen LogP contribution in [0.2, 0.25) is 0 Å². The van der Waals surface area contributed by atoms with Crippen LogP contribution in [0.15, 0.2) is 0 Å². The third kappa shape index (κ3) is 6.03. The van der Waals surface area contributed by atoms with Gasteiger partial charge in [-0.3, -0.25) is 4.79 Å².